The van der Waals surface area contributed by atoms with Gasteiger partial charge in [-0.1, -0.05) is 0 Å². The van der Waals surface area contributed by atoms with Crippen LogP contribution in [0.2, 0.25) is 4.82 Å². The van der Waals surface area contributed by atoms with E-state index in [4.69, 9.17) is 0 Å². The zero-order valence-corrected chi connectivity index (χ0v) is 7.74. The molecule has 0 N–H and O–H groups in total. The molecular formula is C10H8Se. The predicted octanol–water partition coefficient (Wildman–Crippen LogP) is 2.26. The van der Waals surface area contributed by atoms with Crippen LogP contribution in [0.25, 0.3) is 6.08 Å². The molecule has 2 aliphatic rings. The number of benzene rings is 1. The molecule has 2 atom stereocenters. The van der Waals surface area contributed by atoms with Crippen molar-refractivity contribution in [3.8, 4) is 0 Å². The molecule has 11 heavy (non-hydrogen) atoms. The first-order valence-corrected chi connectivity index (χ1v) is 5.85. The van der Waals surface area contributed by atoms with Gasteiger partial charge in [0.15, 0.2) is 0 Å². The Balaban J connectivity index is 2.24. The van der Waals surface area contributed by atoms with Crippen LogP contribution in [-0.2, 0) is 0 Å². The summed E-state index contributed by atoms with van der Waals surface area (Å²) in [4.78, 5) is 1.88. The Bertz CT molecular complexity index is 327. The molecule has 0 radical (unpaired) electrons. The molecular weight excluding hydrogens is 199 g/mol. The van der Waals surface area contributed by atoms with Gasteiger partial charge in [0.25, 0.3) is 0 Å². The second-order valence-corrected chi connectivity index (χ2v) is 5.79. The van der Waals surface area contributed by atoms with E-state index < -0.39 is 0 Å². The van der Waals surface area contributed by atoms with Crippen LogP contribution in [0, 0.1) is 0 Å². The van der Waals surface area contributed by atoms with Crippen LogP contribution in [0.15, 0.2) is 30.3 Å². The van der Waals surface area contributed by atoms with E-state index in [-0.39, 0.29) is 0 Å². The zero-order valence-electron chi connectivity index (χ0n) is 6.03. The van der Waals surface area contributed by atoms with Gasteiger partial charge in [-0.25, -0.2) is 0 Å². The third-order valence-corrected chi connectivity index (χ3v) is 4.96. The Morgan fingerprint density at radius 3 is 3.09 bits per heavy atom. The summed E-state index contributed by atoms with van der Waals surface area (Å²) in [6, 6.07) is 8.78. The summed E-state index contributed by atoms with van der Waals surface area (Å²) < 4.78 is 0. The second-order valence-electron chi connectivity index (χ2n) is 3.01. The van der Waals surface area contributed by atoms with Crippen LogP contribution < -0.4 is 0 Å². The average molecular weight is 207 g/mol. The summed E-state index contributed by atoms with van der Waals surface area (Å²) in [6.07, 6.45) is 4.66. The van der Waals surface area contributed by atoms with Crippen LogP contribution in [0.5, 0.6) is 0 Å². The Morgan fingerprint density at radius 1 is 1.18 bits per heavy atom. The Morgan fingerprint density at radius 2 is 2.09 bits per heavy atom. The average Bonchev–Trinajstić information content (AvgIpc) is 2.83. The summed E-state index contributed by atoms with van der Waals surface area (Å²) in [6.45, 7) is 0. The van der Waals surface area contributed by atoms with Gasteiger partial charge in [-0.05, 0) is 0 Å². The van der Waals surface area contributed by atoms with E-state index in [1.165, 1.54) is 5.56 Å². The molecule has 0 bridgehead atoms. The van der Waals surface area contributed by atoms with Gasteiger partial charge in [0.1, 0.15) is 0 Å². The monoisotopic (exact) mass is 208 g/mol. The first-order chi connectivity index (χ1) is 5.45. The van der Waals surface area contributed by atoms with Crippen LogP contribution in [0.4, 0.5) is 0 Å². The molecule has 1 aromatic rings. The van der Waals surface area contributed by atoms with Crippen molar-refractivity contribution in [1.82, 2.24) is 0 Å². The molecule has 0 saturated carbocycles. The molecule has 0 spiro atoms. The van der Waals surface area contributed by atoms with Gasteiger partial charge in [-0.2, -0.15) is 0 Å². The molecule has 54 valence electrons. The van der Waals surface area contributed by atoms with E-state index in [1.54, 1.807) is 5.56 Å². The molecule has 0 aromatic heterocycles. The number of allylic oxidation sites excluding steroid dienone is 1. The summed E-state index contributed by atoms with van der Waals surface area (Å²) in [7, 11) is 0. The number of fused-ring (bicyclic) bond motifs is 3. The van der Waals surface area contributed by atoms with E-state index in [9.17, 15) is 0 Å². The Labute approximate surface area is 72.5 Å². The van der Waals surface area contributed by atoms with Crippen LogP contribution in [-0.4, -0.2) is 15.0 Å². The summed E-state index contributed by atoms with van der Waals surface area (Å²) in [5.41, 5.74) is 3.05. The standard InChI is InChI=1S/C10H8Se/c1-2-4-8-7(3-1)5-6-9-10(8)11-9/h1-6,9-10H. The van der Waals surface area contributed by atoms with Gasteiger partial charge in [-0.3, -0.25) is 0 Å². The van der Waals surface area contributed by atoms with E-state index in [1.807, 2.05) is 0 Å². The number of hydrogen-bond acceptors (Lipinski definition) is 0. The minimum atomic E-state index is 0.878. The van der Waals surface area contributed by atoms with E-state index in [2.05, 4.69) is 36.4 Å². The molecule has 0 amide bonds. The van der Waals surface area contributed by atoms with Gasteiger partial charge < -0.3 is 0 Å². The van der Waals surface area contributed by atoms with E-state index >= 15 is 0 Å². The van der Waals surface area contributed by atoms with Crippen LogP contribution in [0.1, 0.15) is 15.9 Å². The van der Waals surface area contributed by atoms with Crippen molar-refractivity contribution in [2.75, 3.05) is 0 Å². The van der Waals surface area contributed by atoms with Crippen LogP contribution in [0.3, 0.4) is 0 Å². The maximum absolute atomic E-state index is 2.38. The first-order valence-electron chi connectivity index (χ1n) is 3.88. The number of rotatable bonds is 0. The summed E-state index contributed by atoms with van der Waals surface area (Å²) in [5.74, 6) is 0. The van der Waals surface area contributed by atoms with Crippen molar-refractivity contribution in [2.45, 2.75) is 9.63 Å². The molecule has 0 nitrogen and oxygen atoms in total. The van der Waals surface area contributed by atoms with Gasteiger partial charge in [-0.15, -0.1) is 0 Å². The van der Waals surface area contributed by atoms with Crippen molar-refractivity contribution >= 4 is 21.0 Å². The molecule has 1 heteroatoms. The first kappa shape index (κ1) is 6.05. The van der Waals surface area contributed by atoms with E-state index in [0.29, 0.717) is 0 Å². The topological polar surface area (TPSA) is 0 Å². The molecule has 1 saturated heterocycles. The molecule has 2 unspecified atom stereocenters. The van der Waals surface area contributed by atoms with Gasteiger partial charge in [0.05, 0.1) is 0 Å². The third-order valence-electron chi connectivity index (χ3n) is 2.29. The van der Waals surface area contributed by atoms with Crippen molar-refractivity contribution in [2.24, 2.45) is 0 Å². The van der Waals surface area contributed by atoms with Crippen molar-refractivity contribution in [3.63, 3.8) is 0 Å². The molecule has 1 aromatic carbocycles. The summed E-state index contributed by atoms with van der Waals surface area (Å²) in [5, 5.41) is 0. The fraction of sp³-hybridized carbons (Fsp3) is 0.200. The van der Waals surface area contributed by atoms with Crippen molar-refractivity contribution in [1.29, 1.82) is 0 Å². The van der Waals surface area contributed by atoms with Gasteiger partial charge >= 0.3 is 72.1 Å². The number of hydrogen-bond donors (Lipinski definition) is 0. The molecule has 1 aliphatic heterocycles. The maximum atomic E-state index is 2.38. The predicted molar refractivity (Wildman–Crippen MR) is 47.7 cm³/mol. The second kappa shape index (κ2) is 2.00. The van der Waals surface area contributed by atoms with Crippen molar-refractivity contribution < 1.29 is 0 Å². The fourth-order valence-electron chi connectivity index (χ4n) is 1.64. The molecule has 1 aliphatic carbocycles. The molecule has 1 fully saturated rings. The summed E-state index contributed by atoms with van der Waals surface area (Å²) >= 11 is 0.878. The minimum absolute atomic E-state index is 0.878. The SMILES string of the molecule is C1=CC2[Se]C2c2ccccc21. The fourth-order valence-corrected chi connectivity index (χ4v) is 3.77. The third kappa shape index (κ3) is 0.817. The normalized spacial score (nSPS) is 30.9. The molecule has 3 rings (SSSR count). The quantitative estimate of drug-likeness (QED) is 0.572. The molecule has 1 heterocycles. The van der Waals surface area contributed by atoms with E-state index in [0.717, 1.165) is 24.6 Å². The van der Waals surface area contributed by atoms with Crippen molar-refractivity contribution in [3.05, 3.63) is 41.5 Å². The zero-order chi connectivity index (χ0) is 7.26. The Hall–Kier alpha value is -0.521. The van der Waals surface area contributed by atoms with Gasteiger partial charge in [0.2, 0.25) is 0 Å². The van der Waals surface area contributed by atoms with Gasteiger partial charge in [0, 0.05) is 0 Å². The Kier molecular flexibility index (Phi) is 1.10. The van der Waals surface area contributed by atoms with Crippen LogP contribution >= 0.6 is 0 Å².